The molecule has 0 aromatic heterocycles. The molecule has 0 saturated heterocycles. The topological polar surface area (TPSA) is 26.3 Å². The van der Waals surface area contributed by atoms with Crippen molar-refractivity contribution in [1.82, 2.24) is 0 Å². The minimum Gasteiger partial charge on any atom is -0.460 e. The van der Waals surface area contributed by atoms with Gasteiger partial charge in [-0.2, -0.15) is 0 Å². The van der Waals surface area contributed by atoms with Crippen molar-refractivity contribution < 1.29 is 18.3 Å². The van der Waals surface area contributed by atoms with Gasteiger partial charge in [0.05, 0.1) is 6.42 Å². The molecule has 1 aromatic carbocycles. The number of rotatable bonds is 3. The van der Waals surface area contributed by atoms with Gasteiger partial charge in [0, 0.05) is 11.4 Å². The van der Waals surface area contributed by atoms with E-state index < -0.39 is 23.2 Å². The van der Waals surface area contributed by atoms with Gasteiger partial charge in [-0.25, -0.2) is 8.78 Å². The highest BCUT2D eigenvalue weighted by Crippen LogP contribution is 2.19. The predicted octanol–water partition coefficient (Wildman–Crippen LogP) is 3.74. The molecule has 0 heterocycles. The Balaban J connectivity index is 2.88. The summed E-state index contributed by atoms with van der Waals surface area (Å²) in [5.74, 6) is -1.89. The van der Waals surface area contributed by atoms with Gasteiger partial charge in [0.1, 0.15) is 17.2 Å². The Labute approximate surface area is 113 Å². The molecule has 0 aliphatic rings. The zero-order valence-corrected chi connectivity index (χ0v) is 12.1. The fourth-order valence-electron chi connectivity index (χ4n) is 1.42. The lowest BCUT2D eigenvalue weighted by molar-refractivity contribution is -0.153. The van der Waals surface area contributed by atoms with Crippen LogP contribution in [0.1, 0.15) is 31.9 Å². The van der Waals surface area contributed by atoms with E-state index in [1.165, 1.54) is 6.07 Å². The maximum Gasteiger partial charge on any atom is 0.310 e. The fraction of sp³-hybridized carbons (Fsp3) is 0.462. The molecule has 100 valence electrons. The zero-order valence-electron chi connectivity index (χ0n) is 10.5. The number of benzene rings is 1. The van der Waals surface area contributed by atoms with Gasteiger partial charge in [-0.3, -0.25) is 4.79 Å². The molecule has 0 atom stereocenters. The Hall–Kier alpha value is -0.970. The molecule has 1 rings (SSSR count). The number of carbonyl (C=O) groups excluding carboxylic acids is 1. The van der Waals surface area contributed by atoms with Crippen LogP contribution in [-0.2, 0) is 21.3 Å². The van der Waals surface area contributed by atoms with E-state index in [9.17, 15) is 13.6 Å². The lowest BCUT2D eigenvalue weighted by Crippen LogP contribution is -2.25. The summed E-state index contributed by atoms with van der Waals surface area (Å²) >= 11 is 3.10. The van der Waals surface area contributed by atoms with Crippen LogP contribution in [0.15, 0.2) is 12.1 Å². The minimum absolute atomic E-state index is 0.139. The molecule has 0 N–H and O–H groups in total. The summed E-state index contributed by atoms with van der Waals surface area (Å²) in [6, 6.07) is 2.12. The van der Waals surface area contributed by atoms with Crippen LogP contribution in [-0.4, -0.2) is 11.6 Å². The van der Waals surface area contributed by atoms with Gasteiger partial charge in [-0.05, 0) is 38.0 Å². The van der Waals surface area contributed by atoms with Gasteiger partial charge in [-0.1, -0.05) is 15.9 Å². The average Bonchev–Trinajstić information content (AvgIpc) is 2.19. The van der Waals surface area contributed by atoms with Crippen molar-refractivity contribution >= 4 is 21.9 Å². The number of ether oxygens (including phenoxy) is 1. The van der Waals surface area contributed by atoms with E-state index in [0.717, 1.165) is 6.07 Å². The first kappa shape index (κ1) is 15.1. The third-order valence-corrected chi connectivity index (χ3v) is 2.72. The lowest BCUT2D eigenvalue weighted by Gasteiger charge is -2.19. The Morgan fingerprint density at radius 1 is 1.22 bits per heavy atom. The van der Waals surface area contributed by atoms with Crippen LogP contribution >= 0.6 is 15.9 Å². The summed E-state index contributed by atoms with van der Waals surface area (Å²) in [7, 11) is 0. The van der Waals surface area contributed by atoms with E-state index in [1.54, 1.807) is 20.8 Å². The summed E-state index contributed by atoms with van der Waals surface area (Å²) in [5, 5.41) is 0.264. The van der Waals surface area contributed by atoms with Crippen molar-refractivity contribution in [2.75, 3.05) is 0 Å². The third kappa shape index (κ3) is 4.37. The largest absolute Gasteiger partial charge is 0.460 e. The van der Waals surface area contributed by atoms with Crippen molar-refractivity contribution in [2.24, 2.45) is 0 Å². The van der Waals surface area contributed by atoms with Crippen LogP contribution in [0.2, 0.25) is 0 Å². The van der Waals surface area contributed by atoms with Crippen LogP contribution in [0.3, 0.4) is 0 Å². The van der Waals surface area contributed by atoms with Crippen LogP contribution in [0.25, 0.3) is 0 Å². The van der Waals surface area contributed by atoms with E-state index >= 15 is 0 Å². The van der Waals surface area contributed by atoms with Crippen LogP contribution in [0, 0.1) is 11.6 Å². The summed E-state index contributed by atoms with van der Waals surface area (Å²) < 4.78 is 31.8. The van der Waals surface area contributed by atoms with Crippen molar-refractivity contribution in [3.63, 3.8) is 0 Å². The highest BCUT2D eigenvalue weighted by Gasteiger charge is 2.19. The van der Waals surface area contributed by atoms with Gasteiger partial charge < -0.3 is 4.74 Å². The Morgan fingerprint density at radius 3 is 2.28 bits per heavy atom. The monoisotopic (exact) mass is 320 g/mol. The number of halogens is 3. The molecule has 2 nitrogen and oxygen atoms in total. The molecular weight excluding hydrogens is 306 g/mol. The van der Waals surface area contributed by atoms with Crippen molar-refractivity contribution in [1.29, 1.82) is 0 Å². The number of carbonyl (C=O) groups is 1. The molecule has 0 radical (unpaired) electrons. The summed E-state index contributed by atoms with van der Waals surface area (Å²) in [4.78, 5) is 11.6. The predicted molar refractivity (Wildman–Crippen MR) is 68.5 cm³/mol. The summed E-state index contributed by atoms with van der Waals surface area (Å²) in [5.41, 5.74) is -0.165. The van der Waals surface area contributed by atoms with Crippen molar-refractivity contribution in [3.05, 3.63) is 34.9 Å². The molecule has 1 aromatic rings. The molecule has 0 saturated carbocycles. The van der Waals surface area contributed by atoms with E-state index in [1.807, 2.05) is 0 Å². The Morgan fingerprint density at radius 2 is 1.78 bits per heavy atom. The van der Waals surface area contributed by atoms with E-state index in [4.69, 9.17) is 4.74 Å². The highest BCUT2D eigenvalue weighted by molar-refractivity contribution is 9.08. The zero-order chi connectivity index (χ0) is 13.9. The number of esters is 1. The number of alkyl halides is 1. The molecule has 0 amide bonds. The van der Waals surface area contributed by atoms with E-state index in [-0.39, 0.29) is 17.3 Å². The quantitative estimate of drug-likeness (QED) is 0.626. The van der Waals surface area contributed by atoms with E-state index in [2.05, 4.69) is 15.9 Å². The van der Waals surface area contributed by atoms with Crippen molar-refractivity contribution in [3.8, 4) is 0 Å². The van der Waals surface area contributed by atoms with Gasteiger partial charge in [0.2, 0.25) is 0 Å². The van der Waals surface area contributed by atoms with E-state index in [0.29, 0.717) is 5.56 Å². The maximum absolute atomic E-state index is 13.5. The Bertz CT molecular complexity index is 453. The molecule has 0 aliphatic carbocycles. The molecule has 18 heavy (non-hydrogen) atoms. The third-order valence-electron chi connectivity index (χ3n) is 2.11. The van der Waals surface area contributed by atoms with Gasteiger partial charge in [-0.15, -0.1) is 0 Å². The average molecular weight is 321 g/mol. The number of hydrogen-bond acceptors (Lipinski definition) is 2. The van der Waals surface area contributed by atoms with Crippen LogP contribution in [0.5, 0.6) is 0 Å². The standard InChI is InChI=1S/C13H15BrF2O2/c1-13(2,3)18-12(17)5-8-4-9(7-14)11(16)6-10(8)15/h4,6H,5,7H2,1-3H3. The molecule has 0 unspecified atom stereocenters. The van der Waals surface area contributed by atoms with Gasteiger partial charge in [0.25, 0.3) is 0 Å². The second-order valence-corrected chi connectivity index (χ2v) is 5.49. The first-order valence-corrected chi connectivity index (χ1v) is 6.59. The van der Waals surface area contributed by atoms with Crippen LogP contribution in [0.4, 0.5) is 8.78 Å². The second-order valence-electron chi connectivity index (χ2n) is 4.93. The molecular formula is C13H15BrF2O2. The molecule has 0 bridgehead atoms. The fourth-order valence-corrected chi connectivity index (χ4v) is 1.85. The van der Waals surface area contributed by atoms with Crippen LogP contribution < -0.4 is 0 Å². The van der Waals surface area contributed by atoms with Gasteiger partial charge >= 0.3 is 5.97 Å². The molecule has 0 spiro atoms. The molecule has 0 fully saturated rings. The maximum atomic E-state index is 13.5. The first-order chi connectivity index (χ1) is 8.23. The van der Waals surface area contributed by atoms with Crippen molar-refractivity contribution in [2.45, 2.75) is 38.1 Å². The smallest absolute Gasteiger partial charge is 0.310 e. The Kier molecular flexibility index (Phi) is 4.85. The minimum atomic E-state index is -0.733. The first-order valence-electron chi connectivity index (χ1n) is 5.47. The number of hydrogen-bond donors (Lipinski definition) is 0. The normalized spacial score (nSPS) is 11.4. The summed E-state index contributed by atoms with van der Waals surface area (Å²) in [6.07, 6.45) is -0.205. The highest BCUT2D eigenvalue weighted by atomic mass is 79.9. The lowest BCUT2D eigenvalue weighted by atomic mass is 10.1. The molecule has 0 aliphatic heterocycles. The second kappa shape index (κ2) is 5.78. The summed E-state index contributed by atoms with van der Waals surface area (Å²) in [6.45, 7) is 5.20. The molecule has 5 heteroatoms. The van der Waals surface area contributed by atoms with Gasteiger partial charge in [0.15, 0.2) is 0 Å². The SMILES string of the molecule is CC(C)(C)OC(=O)Cc1cc(CBr)c(F)cc1F.